The molecule has 1 saturated heterocycles. The van der Waals surface area contributed by atoms with E-state index < -0.39 is 0 Å². The molecule has 3 aliphatic rings. The molecular weight excluding hydrogens is 378 g/mol. The number of hydrogen-bond acceptors (Lipinski definition) is 3. The van der Waals surface area contributed by atoms with Crippen LogP contribution in [0.5, 0.6) is 0 Å². The van der Waals surface area contributed by atoms with Gasteiger partial charge in [0.05, 0.1) is 18.4 Å². The number of nitrogens with zero attached hydrogens (tertiary/aromatic N) is 2. The third-order valence-corrected chi connectivity index (χ3v) is 6.53. The van der Waals surface area contributed by atoms with Gasteiger partial charge in [-0.3, -0.25) is 14.5 Å². The number of allylic oxidation sites excluding steroid dienone is 2. The van der Waals surface area contributed by atoms with Crippen molar-refractivity contribution in [2.45, 2.75) is 19.9 Å². The van der Waals surface area contributed by atoms with Gasteiger partial charge >= 0.3 is 0 Å². The van der Waals surface area contributed by atoms with Gasteiger partial charge in [-0.2, -0.15) is 0 Å². The van der Waals surface area contributed by atoms with Crippen LogP contribution in [0.15, 0.2) is 47.5 Å². The first kappa shape index (κ1) is 18.9. The summed E-state index contributed by atoms with van der Waals surface area (Å²) in [5.74, 6) is 0.937. The summed E-state index contributed by atoms with van der Waals surface area (Å²) in [6, 6.07) is 10.3. The highest BCUT2D eigenvalue weighted by molar-refractivity contribution is 6.06. The van der Waals surface area contributed by atoms with Crippen molar-refractivity contribution >= 4 is 28.7 Å². The van der Waals surface area contributed by atoms with Crippen LogP contribution in [0.4, 0.5) is 0 Å². The Balaban J connectivity index is 1.19. The monoisotopic (exact) mass is 405 g/mol. The van der Waals surface area contributed by atoms with Gasteiger partial charge in [-0.25, -0.2) is 4.99 Å². The zero-order chi connectivity index (χ0) is 20.7. The van der Waals surface area contributed by atoms with Crippen LogP contribution in [0.2, 0.25) is 0 Å². The van der Waals surface area contributed by atoms with Crippen LogP contribution in [0.25, 0.3) is 10.9 Å². The number of guanidine groups is 1. The lowest BCUT2D eigenvalue weighted by atomic mass is 9.85. The van der Waals surface area contributed by atoms with Crippen LogP contribution in [0, 0.1) is 23.7 Å². The van der Waals surface area contributed by atoms with Gasteiger partial charge in [0.15, 0.2) is 5.96 Å². The summed E-state index contributed by atoms with van der Waals surface area (Å²) >= 11 is 0. The largest absolute Gasteiger partial charge is 0.357 e. The Morgan fingerprint density at radius 3 is 2.57 bits per heavy atom. The number of likely N-dealkylation sites (tertiary alicyclic amines) is 1. The second kappa shape index (κ2) is 7.63. The van der Waals surface area contributed by atoms with Gasteiger partial charge in [-0.15, -0.1) is 0 Å². The molecule has 2 aromatic rings. The molecule has 30 heavy (non-hydrogen) atoms. The summed E-state index contributed by atoms with van der Waals surface area (Å²) in [4.78, 5) is 35.0. The van der Waals surface area contributed by atoms with E-state index >= 15 is 0 Å². The minimum Gasteiger partial charge on any atom is -0.357 e. The van der Waals surface area contributed by atoms with Gasteiger partial charge in [0.1, 0.15) is 0 Å². The van der Waals surface area contributed by atoms with E-state index in [0.717, 1.165) is 24.2 Å². The quantitative estimate of drug-likeness (QED) is 0.297. The first-order chi connectivity index (χ1) is 14.7. The van der Waals surface area contributed by atoms with Gasteiger partial charge in [0.2, 0.25) is 11.8 Å². The molecule has 7 nitrogen and oxygen atoms in total. The lowest BCUT2D eigenvalue weighted by molar-refractivity contribution is -0.140. The zero-order valence-corrected chi connectivity index (χ0v) is 17.1. The molecule has 1 saturated carbocycles. The number of amides is 2. The molecule has 1 aromatic carbocycles. The van der Waals surface area contributed by atoms with Gasteiger partial charge in [-0.1, -0.05) is 30.4 Å². The van der Waals surface area contributed by atoms with Crippen LogP contribution >= 0.6 is 0 Å². The number of aliphatic imine (C=N–C) groups is 1. The number of fused-ring (bicyclic) bond motifs is 6. The van der Waals surface area contributed by atoms with Crippen LogP contribution in [0.3, 0.4) is 0 Å². The molecule has 3 N–H and O–H groups in total. The highest BCUT2D eigenvalue weighted by Crippen LogP contribution is 2.52. The number of hydrogen-bond donors (Lipinski definition) is 3. The molecule has 1 aliphatic heterocycles. The highest BCUT2D eigenvalue weighted by atomic mass is 16.2. The van der Waals surface area contributed by atoms with Crippen molar-refractivity contribution < 1.29 is 9.59 Å². The minimum atomic E-state index is -0.128. The normalized spacial score (nSPS) is 27.4. The average Bonchev–Trinajstić information content (AvgIpc) is 3.51. The summed E-state index contributed by atoms with van der Waals surface area (Å²) in [6.45, 7) is 4.13. The predicted molar refractivity (Wildman–Crippen MR) is 116 cm³/mol. The maximum atomic E-state index is 12.8. The van der Waals surface area contributed by atoms with Crippen molar-refractivity contribution in [3.8, 4) is 0 Å². The molecule has 4 atom stereocenters. The maximum Gasteiger partial charge on any atom is 0.233 e. The average molecular weight is 406 g/mol. The summed E-state index contributed by atoms with van der Waals surface area (Å²) in [7, 11) is 0. The number of nitrogens with one attached hydrogen (secondary N) is 3. The minimum absolute atomic E-state index is 0.00339. The van der Waals surface area contributed by atoms with E-state index in [1.165, 1.54) is 10.3 Å². The van der Waals surface area contributed by atoms with E-state index in [1.54, 1.807) is 0 Å². The number of aromatic nitrogens is 1. The summed E-state index contributed by atoms with van der Waals surface area (Å²) in [5.41, 5.74) is 2.13. The van der Waals surface area contributed by atoms with E-state index in [-0.39, 0.29) is 35.5 Å². The molecule has 2 amide bonds. The van der Waals surface area contributed by atoms with Crippen molar-refractivity contribution in [2.75, 3.05) is 19.6 Å². The molecule has 2 heterocycles. The fraction of sp³-hybridized carbons (Fsp3) is 0.435. The summed E-state index contributed by atoms with van der Waals surface area (Å²) in [5, 5.41) is 7.65. The second-order valence-corrected chi connectivity index (χ2v) is 8.33. The van der Waals surface area contributed by atoms with E-state index in [9.17, 15) is 9.59 Å². The fourth-order valence-corrected chi connectivity index (χ4v) is 5.20. The number of H-pyrrole nitrogens is 1. The first-order valence-electron chi connectivity index (χ1n) is 10.8. The van der Waals surface area contributed by atoms with Crippen molar-refractivity contribution in [1.29, 1.82) is 0 Å². The third kappa shape index (κ3) is 3.18. The SMILES string of the molecule is CCNC(=NCc1cc2ccccc2[nH]1)NCCN1C(=O)C2C3C=CC(C3)C2C1=O. The first-order valence-corrected chi connectivity index (χ1v) is 10.8. The lowest BCUT2D eigenvalue weighted by Crippen LogP contribution is -2.43. The Bertz CT molecular complexity index is 976. The third-order valence-electron chi connectivity index (χ3n) is 6.53. The highest BCUT2D eigenvalue weighted by Gasteiger charge is 2.58. The molecule has 5 rings (SSSR count). The Morgan fingerprint density at radius 1 is 1.13 bits per heavy atom. The molecule has 0 radical (unpaired) electrons. The maximum absolute atomic E-state index is 12.8. The summed E-state index contributed by atoms with van der Waals surface area (Å²) in [6.07, 6.45) is 5.21. The molecule has 2 aliphatic carbocycles. The van der Waals surface area contributed by atoms with Gasteiger partial charge in [0, 0.05) is 30.8 Å². The van der Waals surface area contributed by atoms with Gasteiger partial charge in [-0.05, 0) is 42.7 Å². The van der Waals surface area contributed by atoms with Crippen LogP contribution in [-0.4, -0.2) is 47.3 Å². The standard InChI is InChI=1S/C23H27N5O2/c1-2-24-23(26-13-17-12-14-5-3-4-6-18(14)27-17)25-9-10-28-21(29)19-15-7-8-16(11-15)20(19)22(28)30/h3-8,12,15-16,19-20,27H,2,9-11,13H2,1H3,(H2,24,25,26). The number of carbonyl (C=O) groups is 2. The predicted octanol–water partition coefficient (Wildman–Crippen LogP) is 2.03. The number of carbonyl (C=O) groups excluding carboxylic acids is 2. The molecule has 0 spiro atoms. The Kier molecular flexibility index (Phi) is 4.81. The topological polar surface area (TPSA) is 89.6 Å². The fourth-order valence-electron chi connectivity index (χ4n) is 5.20. The number of rotatable bonds is 6. The van der Waals surface area contributed by atoms with Gasteiger partial charge in [0.25, 0.3) is 0 Å². The summed E-state index contributed by atoms with van der Waals surface area (Å²) < 4.78 is 0. The number of benzene rings is 1. The van der Waals surface area contributed by atoms with E-state index in [2.05, 4.69) is 44.9 Å². The van der Waals surface area contributed by atoms with Crippen molar-refractivity contribution in [2.24, 2.45) is 28.7 Å². The van der Waals surface area contributed by atoms with Crippen molar-refractivity contribution in [3.63, 3.8) is 0 Å². The molecular formula is C23H27N5O2. The molecule has 2 bridgehead atoms. The van der Waals surface area contributed by atoms with Crippen LogP contribution in [0.1, 0.15) is 19.0 Å². The van der Waals surface area contributed by atoms with E-state index in [1.807, 2.05) is 25.1 Å². The molecule has 7 heteroatoms. The second-order valence-electron chi connectivity index (χ2n) is 8.33. The molecule has 4 unspecified atom stereocenters. The van der Waals surface area contributed by atoms with Gasteiger partial charge < -0.3 is 15.6 Å². The Morgan fingerprint density at radius 2 is 1.87 bits per heavy atom. The van der Waals surface area contributed by atoms with Crippen molar-refractivity contribution in [3.05, 3.63) is 48.2 Å². The lowest BCUT2D eigenvalue weighted by Gasteiger charge is -2.18. The van der Waals surface area contributed by atoms with E-state index in [4.69, 9.17) is 0 Å². The van der Waals surface area contributed by atoms with Crippen LogP contribution < -0.4 is 10.6 Å². The van der Waals surface area contributed by atoms with Crippen LogP contribution in [-0.2, 0) is 16.1 Å². The smallest absolute Gasteiger partial charge is 0.233 e. The van der Waals surface area contributed by atoms with Crippen molar-refractivity contribution in [1.82, 2.24) is 20.5 Å². The number of para-hydroxylation sites is 1. The Hall–Kier alpha value is -3.09. The molecule has 2 fully saturated rings. The Labute approximate surface area is 175 Å². The number of aromatic amines is 1. The molecule has 156 valence electrons. The van der Waals surface area contributed by atoms with E-state index in [0.29, 0.717) is 25.6 Å². The zero-order valence-electron chi connectivity index (χ0n) is 17.1. The molecule has 1 aromatic heterocycles. The number of imide groups is 1.